The molecule has 1 aliphatic heterocycles. The van der Waals surface area contributed by atoms with Crippen LogP contribution < -0.4 is 10.2 Å². The summed E-state index contributed by atoms with van der Waals surface area (Å²) < 4.78 is 0. The zero-order valence-corrected chi connectivity index (χ0v) is 22.1. The molecular formula is C26H28Cl4N4O. The number of pyridine rings is 1. The normalized spacial score (nSPS) is 13.3. The minimum atomic E-state index is 0. The number of rotatable bonds is 5. The molecule has 5 rings (SSSR count). The van der Waals surface area contributed by atoms with E-state index in [0.717, 1.165) is 60.6 Å². The molecule has 1 aromatic heterocycles. The van der Waals surface area contributed by atoms with Gasteiger partial charge in [0.2, 0.25) is 0 Å². The van der Waals surface area contributed by atoms with Crippen molar-refractivity contribution in [2.24, 2.45) is 0 Å². The smallest absolute Gasteiger partial charge is 0.120 e. The average molecular weight is 554 g/mol. The van der Waals surface area contributed by atoms with Crippen LogP contribution in [0.2, 0.25) is 5.02 Å². The molecule has 3 aromatic carbocycles. The van der Waals surface area contributed by atoms with Crippen LogP contribution in [0.15, 0.2) is 79.0 Å². The van der Waals surface area contributed by atoms with E-state index in [-0.39, 0.29) is 37.2 Å². The van der Waals surface area contributed by atoms with Crippen LogP contribution in [0.5, 0.6) is 5.75 Å². The van der Waals surface area contributed by atoms with Gasteiger partial charge in [0.25, 0.3) is 0 Å². The second kappa shape index (κ2) is 13.1. The first kappa shape index (κ1) is 28.8. The Labute approximate surface area is 229 Å². The molecule has 5 nitrogen and oxygen atoms in total. The number of benzene rings is 3. The molecule has 0 atom stereocenters. The van der Waals surface area contributed by atoms with Gasteiger partial charge in [0.15, 0.2) is 0 Å². The van der Waals surface area contributed by atoms with E-state index >= 15 is 0 Å². The van der Waals surface area contributed by atoms with Crippen LogP contribution >= 0.6 is 48.8 Å². The number of nitrogens with one attached hydrogen (secondary N) is 1. The summed E-state index contributed by atoms with van der Waals surface area (Å²) in [5.41, 5.74) is 4.93. The topological polar surface area (TPSA) is 51.6 Å². The number of nitrogens with zero attached hydrogens (tertiary/aromatic N) is 3. The van der Waals surface area contributed by atoms with Crippen molar-refractivity contribution in [2.45, 2.75) is 6.54 Å². The maximum absolute atomic E-state index is 10.5. The van der Waals surface area contributed by atoms with Crippen molar-refractivity contribution >= 4 is 76.8 Å². The lowest BCUT2D eigenvalue weighted by Gasteiger charge is -2.36. The number of phenolic OH excluding ortho intramolecular Hbond substituents is 1. The SMILES string of the molecule is Cl.Cl.Cl.Oc1ccc(Nc2ccnc3cc(Cl)ccc23)cc1CN1CCN(c2ccccc2)CC1. The van der Waals surface area contributed by atoms with E-state index in [1.807, 2.05) is 42.5 Å². The number of hydrogen-bond donors (Lipinski definition) is 2. The fourth-order valence-electron chi connectivity index (χ4n) is 4.22. The van der Waals surface area contributed by atoms with Gasteiger partial charge in [0.1, 0.15) is 5.75 Å². The first-order chi connectivity index (χ1) is 15.7. The lowest BCUT2D eigenvalue weighted by molar-refractivity contribution is 0.247. The van der Waals surface area contributed by atoms with Gasteiger partial charge in [-0.05, 0) is 54.6 Å². The zero-order valence-electron chi connectivity index (χ0n) is 18.9. The summed E-state index contributed by atoms with van der Waals surface area (Å²) >= 11 is 6.11. The Morgan fingerprint density at radius 3 is 2.34 bits per heavy atom. The second-order valence-corrected chi connectivity index (χ2v) is 8.52. The highest BCUT2D eigenvalue weighted by atomic mass is 35.5. The molecule has 1 saturated heterocycles. The number of para-hydroxylation sites is 1. The highest BCUT2D eigenvalue weighted by Crippen LogP contribution is 2.30. The molecule has 0 aliphatic carbocycles. The Morgan fingerprint density at radius 1 is 0.857 bits per heavy atom. The molecule has 0 radical (unpaired) electrons. The predicted molar refractivity (Wildman–Crippen MR) is 154 cm³/mol. The van der Waals surface area contributed by atoms with E-state index < -0.39 is 0 Å². The third-order valence-electron chi connectivity index (χ3n) is 5.95. The van der Waals surface area contributed by atoms with Crippen LogP contribution in [-0.4, -0.2) is 41.2 Å². The summed E-state index contributed by atoms with van der Waals surface area (Å²) in [7, 11) is 0. The second-order valence-electron chi connectivity index (χ2n) is 8.09. The van der Waals surface area contributed by atoms with Gasteiger partial charge in [-0.2, -0.15) is 0 Å². The van der Waals surface area contributed by atoms with Crippen LogP contribution in [0.1, 0.15) is 5.56 Å². The van der Waals surface area contributed by atoms with Gasteiger partial charge < -0.3 is 15.3 Å². The minimum absolute atomic E-state index is 0. The third kappa shape index (κ3) is 6.84. The Hall–Kier alpha value is -2.41. The van der Waals surface area contributed by atoms with E-state index in [1.165, 1.54) is 5.69 Å². The lowest BCUT2D eigenvalue weighted by Crippen LogP contribution is -2.45. The van der Waals surface area contributed by atoms with Gasteiger partial charge in [-0.25, -0.2) is 0 Å². The molecule has 2 N–H and O–H groups in total. The van der Waals surface area contributed by atoms with E-state index in [2.05, 4.69) is 44.4 Å². The van der Waals surface area contributed by atoms with Crippen LogP contribution in [0.3, 0.4) is 0 Å². The number of phenols is 1. The Morgan fingerprint density at radius 2 is 1.60 bits per heavy atom. The lowest BCUT2D eigenvalue weighted by atomic mass is 10.1. The summed E-state index contributed by atoms with van der Waals surface area (Å²) in [6.07, 6.45) is 1.77. The Balaban J connectivity index is 0.00000144. The van der Waals surface area contributed by atoms with Crippen molar-refractivity contribution < 1.29 is 5.11 Å². The van der Waals surface area contributed by atoms with Crippen molar-refractivity contribution in [1.29, 1.82) is 0 Å². The number of piperazine rings is 1. The van der Waals surface area contributed by atoms with Gasteiger partial charge >= 0.3 is 0 Å². The van der Waals surface area contributed by atoms with Crippen LogP contribution in [0.25, 0.3) is 10.9 Å². The van der Waals surface area contributed by atoms with Crippen LogP contribution in [0, 0.1) is 0 Å². The largest absolute Gasteiger partial charge is 0.508 e. The number of aromatic nitrogens is 1. The molecule has 2 heterocycles. The molecule has 0 amide bonds. The monoisotopic (exact) mass is 552 g/mol. The van der Waals surface area contributed by atoms with E-state index in [0.29, 0.717) is 10.8 Å². The Kier molecular flexibility index (Phi) is 10.7. The fourth-order valence-corrected chi connectivity index (χ4v) is 4.39. The first-order valence-corrected chi connectivity index (χ1v) is 11.2. The van der Waals surface area contributed by atoms with Crippen molar-refractivity contribution in [1.82, 2.24) is 9.88 Å². The number of fused-ring (bicyclic) bond motifs is 1. The third-order valence-corrected chi connectivity index (χ3v) is 6.19. The van der Waals surface area contributed by atoms with Gasteiger partial charge in [-0.1, -0.05) is 29.8 Å². The number of anilines is 3. The van der Waals surface area contributed by atoms with Crippen molar-refractivity contribution in [2.75, 3.05) is 36.4 Å². The highest BCUT2D eigenvalue weighted by Gasteiger charge is 2.18. The van der Waals surface area contributed by atoms with E-state index in [9.17, 15) is 5.11 Å². The Bertz CT molecular complexity index is 1230. The van der Waals surface area contributed by atoms with E-state index in [4.69, 9.17) is 11.6 Å². The fraction of sp³-hybridized carbons (Fsp3) is 0.192. The van der Waals surface area contributed by atoms with Gasteiger partial charge in [0.05, 0.1) is 5.52 Å². The maximum Gasteiger partial charge on any atom is 0.120 e. The predicted octanol–water partition coefficient (Wildman–Crippen LogP) is 6.93. The minimum Gasteiger partial charge on any atom is -0.508 e. The summed E-state index contributed by atoms with van der Waals surface area (Å²) in [5, 5.41) is 15.6. The average Bonchev–Trinajstić information content (AvgIpc) is 2.82. The van der Waals surface area contributed by atoms with E-state index in [1.54, 1.807) is 12.3 Å². The molecule has 4 aromatic rings. The van der Waals surface area contributed by atoms with Crippen LogP contribution in [0.4, 0.5) is 17.1 Å². The van der Waals surface area contributed by atoms with Gasteiger partial charge in [-0.15, -0.1) is 37.2 Å². The molecule has 0 bridgehead atoms. The van der Waals surface area contributed by atoms with Crippen LogP contribution in [-0.2, 0) is 6.54 Å². The molecule has 0 saturated carbocycles. The molecular weight excluding hydrogens is 526 g/mol. The molecule has 0 spiro atoms. The first-order valence-electron chi connectivity index (χ1n) is 10.8. The zero-order chi connectivity index (χ0) is 21.9. The summed E-state index contributed by atoms with van der Waals surface area (Å²) in [5.74, 6) is 0.326. The molecule has 186 valence electrons. The van der Waals surface area contributed by atoms with Crippen molar-refractivity contribution in [3.05, 3.63) is 89.6 Å². The summed E-state index contributed by atoms with van der Waals surface area (Å²) in [6.45, 7) is 4.60. The van der Waals surface area contributed by atoms with Gasteiger partial charge in [0, 0.05) is 72.0 Å². The molecule has 35 heavy (non-hydrogen) atoms. The number of aromatic hydroxyl groups is 1. The molecule has 0 unspecified atom stereocenters. The molecule has 9 heteroatoms. The molecule has 1 aliphatic rings. The van der Waals surface area contributed by atoms with Gasteiger partial charge in [-0.3, -0.25) is 9.88 Å². The van der Waals surface area contributed by atoms with Crippen molar-refractivity contribution in [3.8, 4) is 5.75 Å². The summed E-state index contributed by atoms with van der Waals surface area (Å²) in [4.78, 5) is 9.21. The summed E-state index contributed by atoms with van der Waals surface area (Å²) in [6, 6.07) is 23.9. The van der Waals surface area contributed by atoms with Crippen molar-refractivity contribution in [3.63, 3.8) is 0 Å². The standard InChI is InChI=1S/C26H25ClN4O.3ClH/c27-20-6-8-23-24(10-11-28-25(23)17-20)29-21-7-9-26(32)19(16-21)18-30-12-14-31(15-13-30)22-4-2-1-3-5-22;;;/h1-11,16-17,32H,12-15,18H2,(H,28,29);3*1H. The number of halogens is 4. The molecule has 1 fully saturated rings. The highest BCUT2D eigenvalue weighted by molar-refractivity contribution is 6.31. The quantitative estimate of drug-likeness (QED) is 0.262. The maximum atomic E-state index is 10.5. The number of hydrogen-bond acceptors (Lipinski definition) is 5.